The predicted molar refractivity (Wildman–Crippen MR) is 103 cm³/mol. The van der Waals surface area contributed by atoms with E-state index in [1.165, 1.54) is 24.9 Å². The van der Waals surface area contributed by atoms with Crippen molar-refractivity contribution in [1.29, 1.82) is 0 Å². The van der Waals surface area contributed by atoms with Gasteiger partial charge in [0.15, 0.2) is 0 Å². The third-order valence-corrected chi connectivity index (χ3v) is 4.43. The SMILES string of the molecule is CCCNc1cncc(C(=O)Nc2ccc(N3CCCCC3)cc2)c1. The van der Waals surface area contributed by atoms with Gasteiger partial charge in [-0.2, -0.15) is 0 Å². The molecule has 0 bridgehead atoms. The fourth-order valence-corrected chi connectivity index (χ4v) is 3.04. The second-order valence-corrected chi connectivity index (χ2v) is 6.44. The van der Waals surface area contributed by atoms with Gasteiger partial charge < -0.3 is 15.5 Å². The van der Waals surface area contributed by atoms with Gasteiger partial charge in [0, 0.05) is 43.4 Å². The number of piperidine rings is 1. The first-order valence-electron chi connectivity index (χ1n) is 9.11. The van der Waals surface area contributed by atoms with E-state index in [1.807, 2.05) is 18.2 Å². The number of rotatable bonds is 6. The van der Waals surface area contributed by atoms with Gasteiger partial charge in [-0.3, -0.25) is 9.78 Å². The van der Waals surface area contributed by atoms with E-state index in [0.29, 0.717) is 5.56 Å². The molecule has 1 aliphatic rings. The molecule has 1 aromatic carbocycles. The molecule has 1 aromatic heterocycles. The zero-order valence-corrected chi connectivity index (χ0v) is 14.8. The van der Waals surface area contributed by atoms with Crippen LogP contribution in [-0.2, 0) is 0 Å². The zero-order valence-electron chi connectivity index (χ0n) is 14.8. The molecule has 0 unspecified atom stereocenters. The molecule has 2 N–H and O–H groups in total. The van der Waals surface area contributed by atoms with E-state index < -0.39 is 0 Å². The van der Waals surface area contributed by atoms with Crippen molar-refractivity contribution in [3.05, 3.63) is 48.3 Å². The fourth-order valence-electron chi connectivity index (χ4n) is 3.04. The first kappa shape index (κ1) is 17.3. The summed E-state index contributed by atoms with van der Waals surface area (Å²) in [5, 5.41) is 6.20. The van der Waals surface area contributed by atoms with Crippen molar-refractivity contribution in [3.8, 4) is 0 Å². The molecule has 0 aliphatic carbocycles. The standard InChI is InChI=1S/C20H26N4O/c1-2-10-22-18-13-16(14-21-15-18)20(25)23-17-6-8-19(9-7-17)24-11-4-3-5-12-24/h6-9,13-15,22H,2-5,10-12H2,1H3,(H,23,25). The molecule has 0 radical (unpaired) electrons. The van der Waals surface area contributed by atoms with Crippen molar-refractivity contribution >= 4 is 23.0 Å². The Hall–Kier alpha value is -2.56. The van der Waals surface area contributed by atoms with Crippen molar-refractivity contribution in [3.63, 3.8) is 0 Å². The second kappa shape index (κ2) is 8.51. The van der Waals surface area contributed by atoms with Crippen molar-refractivity contribution in [2.45, 2.75) is 32.6 Å². The predicted octanol–water partition coefficient (Wildman–Crippen LogP) is 4.15. The smallest absolute Gasteiger partial charge is 0.257 e. The minimum atomic E-state index is -0.140. The Labute approximate surface area is 149 Å². The first-order chi connectivity index (χ1) is 12.3. The van der Waals surface area contributed by atoms with Crippen LogP contribution in [0.2, 0.25) is 0 Å². The molecule has 5 heteroatoms. The van der Waals surface area contributed by atoms with Crippen molar-refractivity contribution in [1.82, 2.24) is 4.98 Å². The number of hydrogen-bond acceptors (Lipinski definition) is 4. The first-order valence-corrected chi connectivity index (χ1v) is 9.11. The molecule has 0 spiro atoms. The van der Waals surface area contributed by atoms with E-state index in [0.717, 1.165) is 37.4 Å². The summed E-state index contributed by atoms with van der Waals surface area (Å²) < 4.78 is 0. The summed E-state index contributed by atoms with van der Waals surface area (Å²) in [6.45, 7) is 5.21. The number of nitrogens with one attached hydrogen (secondary N) is 2. The van der Waals surface area contributed by atoms with Crippen LogP contribution in [0.15, 0.2) is 42.7 Å². The third-order valence-electron chi connectivity index (χ3n) is 4.43. The molecule has 1 amide bonds. The summed E-state index contributed by atoms with van der Waals surface area (Å²) in [6.07, 6.45) is 8.20. The molecule has 1 fully saturated rings. The highest BCUT2D eigenvalue weighted by Crippen LogP contribution is 2.22. The van der Waals surface area contributed by atoms with Crippen LogP contribution in [0.1, 0.15) is 43.0 Å². The minimum absolute atomic E-state index is 0.140. The Bertz CT molecular complexity index is 693. The van der Waals surface area contributed by atoms with Crippen LogP contribution < -0.4 is 15.5 Å². The Morgan fingerprint density at radius 1 is 1.08 bits per heavy atom. The molecular formula is C20H26N4O. The number of pyridine rings is 1. The van der Waals surface area contributed by atoms with E-state index in [9.17, 15) is 4.79 Å². The van der Waals surface area contributed by atoms with Crippen molar-refractivity contribution < 1.29 is 4.79 Å². The summed E-state index contributed by atoms with van der Waals surface area (Å²) in [5.74, 6) is -0.140. The number of anilines is 3. The Morgan fingerprint density at radius 3 is 2.56 bits per heavy atom. The van der Waals surface area contributed by atoms with Crippen LogP contribution in [-0.4, -0.2) is 30.5 Å². The van der Waals surface area contributed by atoms with Crippen molar-refractivity contribution in [2.24, 2.45) is 0 Å². The van der Waals surface area contributed by atoms with Crippen LogP contribution in [0.3, 0.4) is 0 Å². The maximum atomic E-state index is 12.4. The summed E-state index contributed by atoms with van der Waals surface area (Å²) >= 11 is 0. The number of aromatic nitrogens is 1. The Balaban J connectivity index is 1.62. The quantitative estimate of drug-likeness (QED) is 0.831. The number of carbonyl (C=O) groups is 1. The number of amides is 1. The molecule has 5 nitrogen and oxygen atoms in total. The van der Waals surface area contributed by atoms with Crippen LogP contribution >= 0.6 is 0 Å². The van der Waals surface area contributed by atoms with Crippen molar-refractivity contribution in [2.75, 3.05) is 35.2 Å². The molecule has 0 atom stereocenters. The van der Waals surface area contributed by atoms with Gasteiger partial charge in [-0.25, -0.2) is 0 Å². The maximum Gasteiger partial charge on any atom is 0.257 e. The third kappa shape index (κ3) is 4.72. The lowest BCUT2D eigenvalue weighted by Gasteiger charge is -2.28. The molecule has 132 valence electrons. The largest absolute Gasteiger partial charge is 0.384 e. The molecular weight excluding hydrogens is 312 g/mol. The van der Waals surface area contributed by atoms with Gasteiger partial charge in [0.25, 0.3) is 5.91 Å². The summed E-state index contributed by atoms with van der Waals surface area (Å²) in [6, 6.07) is 9.93. The molecule has 3 rings (SSSR count). The highest BCUT2D eigenvalue weighted by atomic mass is 16.1. The van der Waals surface area contributed by atoms with Crippen LogP contribution in [0.5, 0.6) is 0 Å². The van der Waals surface area contributed by atoms with Gasteiger partial charge in [0.1, 0.15) is 0 Å². The fraction of sp³-hybridized carbons (Fsp3) is 0.400. The summed E-state index contributed by atoms with van der Waals surface area (Å²) in [7, 11) is 0. The van der Waals surface area contributed by atoms with Gasteiger partial charge >= 0.3 is 0 Å². The molecule has 2 aromatic rings. The average molecular weight is 338 g/mol. The molecule has 1 aliphatic heterocycles. The average Bonchev–Trinajstić information content (AvgIpc) is 2.68. The summed E-state index contributed by atoms with van der Waals surface area (Å²) in [4.78, 5) is 19.0. The monoisotopic (exact) mass is 338 g/mol. The molecule has 1 saturated heterocycles. The normalized spacial score (nSPS) is 14.2. The molecule has 25 heavy (non-hydrogen) atoms. The number of hydrogen-bond donors (Lipinski definition) is 2. The maximum absolute atomic E-state index is 12.4. The lowest BCUT2D eigenvalue weighted by molar-refractivity contribution is 0.102. The van der Waals surface area contributed by atoms with Gasteiger partial charge in [0.2, 0.25) is 0 Å². The van der Waals surface area contributed by atoms with E-state index in [4.69, 9.17) is 0 Å². The number of carbonyl (C=O) groups excluding carboxylic acids is 1. The minimum Gasteiger partial charge on any atom is -0.384 e. The van der Waals surface area contributed by atoms with E-state index in [-0.39, 0.29) is 5.91 Å². The number of benzene rings is 1. The van der Waals surface area contributed by atoms with E-state index >= 15 is 0 Å². The van der Waals surface area contributed by atoms with Gasteiger partial charge in [-0.1, -0.05) is 6.92 Å². The van der Waals surface area contributed by atoms with Crippen LogP contribution in [0.25, 0.3) is 0 Å². The lowest BCUT2D eigenvalue weighted by Crippen LogP contribution is -2.29. The zero-order chi connectivity index (χ0) is 17.5. The highest BCUT2D eigenvalue weighted by Gasteiger charge is 2.11. The van der Waals surface area contributed by atoms with Crippen LogP contribution in [0.4, 0.5) is 17.1 Å². The van der Waals surface area contributed by atoms with Gasteiger partial charge in [0.05, 0.1) is 11.3 Å². The molecule has 2 heterocycles. The van der Waals surface area contributed by atoms with Gasteiger partial charge in [-0.15, -0.1) is 0 Å². The second-order valence-electron chi connectivity index (χ2n) is 6.44. The van der Waals surface area contributed by atoms with Gasteiger partial charge in [-0.05, 0) is 56.0 Å². The Morgan fingerprint density at radius 2 is 1.84 bits per heavy atom. The topological polar surface area (TPSA) is 57.3 Å². The van der Waals surface area contributed by atoms with E-state index in [1.54, 1.807) is 12.4 Å². The van der Waals surface area contributed by atoms with Crippen LogP contribution in [0, 0.1) is 0 Å². The lowest BCUT2D eigenvalue weighted by atomic mass is 10.1. The number of nitrogens with zero attached hydrogens (tertiary/aromatic N) is 2. The molecule has 0 saturated carbocycles. The highest BCUT2D eigenvalue weighted by molar-refractivity contribution is 6.04. The van der Waals surface area contributed by atoms with E-state index in [2.05, 4.69) is 39.6 Å². The summed E-state index contributed by atoms with van der Waals surface area (Å²) in [5.41, 5.74) is 3.46. The Kier molecular flexibility index (Phi) is 5.88.